The Balaban J connectivity index is 2.09. The molecule has 116 valence electrons. The van der Waals surface area contributed by atoms with Crippen LogP contribution in [0.5, 0.6) is 0 Å². The van der Waals surface area contributed by atoms with Crippen molar-refractivity contribution in [3.63, 3.8) is 0 Å². The maximum Gasteiger partial charge on any atom is 0.239 e. The number of rotatable bonds is 4. The molecule has 1 saturated heterocycles. The van der Waals surface area contributed by atoms with Gasteiger partial charge < -0.3 is 10.1 Å². The van der Waals surface area contributed by atoms with Crippen LogP contribution in [-0.4, -0.2) is 47.6 Å². The molecule has 1 N–H and O–H groups in total. The highest BCUT2D eigenvalue weighted by Crippen LogP contribution is 2.20. The van der Waals surface area contributed by atoms with E-state index in [1.807, 2.05) is 19.9 Å². The number of carbonyl (C=O) groups is 1. The Kier molecular flexibility index (Phi) is 5.81. The first-order chi connectivity index (χ1) is 9.97. The van der Waals surface area contributed by atoms with Gasteiger partial charge in [0.15, 0.2) is 0 Å². The first-order valence-electron chi connectivity index (χ1n) is 6.90. The van der Waals surface area contributed by atoms with Crippen molar-refractivity contribution in [1.82, 2.24) is 15.2 Å². The zero-order valence-corrected chi connectivity index (χ0v) is 13.6. The number of nitrogens with zero attached hydrogens (tertiary/aromatic N) is 2. The molecule has 1 aliphatic heterocycles. The lowest BCUT2D eigenvalue weighted by atomic mass is 10.1. The summed E-state index contributed by atoms with van der Waals surface area (Å²) < 4.78 is 5.43. The molecular weight excluding hydrogens is 313 g/mol. The van der Waals surface area contributed by atoms with E-state index in [0.717, 1.165) is 5.56 Å². The van der Waals surface area contributed by atoms with Crippen molar-refractivity contribution in [2.45, 2.75) is 32.5 Å². The summed E-state index contributed by atoms with van der Waals surface area (Å²) in [7, 11) is 0. The Hall–Kier alpha value is -0.880. The molecular formula is C14H19Cl2N3O2. The summed E-state index contributed by atoms with van der Waals surface area (Å²) in [6.07, 6.45) is 0. The van der Waals surface area contributed by atoms with Gasteiger partial charge in [-0.3, -0.25) is 9.69 Å². The fourth-order valence-electron chi connectivity index (χ4n) is 2.23. The number of pyridine rings is 1. The van der Waals surface area contributed by atoms with Gasteiger partial charge in [0, 0.05) is 24.7 Å². The van der Waals surface area contributed by atoms with Crippen LogP contribution in [0, 0.1) is 0 Å². The number of nitrogens with one attached hydrogen (secondary N) is 1. The summed E-state index contributed by atoms with van der Waals surface area (Å²) in [5, 5.41) is 3.65. The van der Waals surface area contributed by atoms with Crippen LogP contribution in [0.4, 0.5) is 0 Å². The second kappa shape index (κ2) is 7.40. The van der Waals surface area contributed by atoms with Crippen LogP contribution in [0.2, 0.25) is 10.3 Å². The maximum absolute atomic E-state index is 12.2. The Labute approximate surface area is 134 Å². The second-order valence-electron chi connectivity index (χ2n) is 5.31. The lowest BCUT2D eigenvalue weighted by Gasteiger charge is -2.35. The monoisotopic (exact) mass is 331 g/mol. The predicted molar refractivity (Wildman–Crippen MR) is 82.6 cm³/mol. The van der Waals surface area contributed by atoms with E-state index in [-0.39, 0.29) is 18.0 Å². The number of aromatic nitrogens is 1. The van der Waals surface area contributed by atoms with E-state index in [1.54, 1.807) is 6.07 Å². The maximum atomic E-state index is 12.2. The third kappa shape index (κ3) is 4.54. The molecule has 0 radical (unpaired) electrons. The first kappa shape index (κ1) is 16.5. The molecule has 0 aliphatic carbocycles. The van der Waals surface area contributed by atoms with E-state index in [9.17, 15) is 4.79 Å². The van der Waals surface area contributed by atoms with Gasteiger partial charge in [-0.05, 0) is 19.9 Å². The van der Waals surface area contributed by atoms with Crippen LogP contribution >= 0.6 is 23.2 Å². The molecule has 1 fully saturated rings. The molecule has 1 aromatic heterocycles. The zero-order valence-electron chi connectivity index (χ0n) is 12.1. The van der Waals surface area contributed by atoms with Crippen LogP contribution in [-0.2, 0) is 16.1 Å². The van der Waals surface area contributed by atoms with E-state index in [2.05, 4.69) is 15.2 Å². The standard InChI is InChI=1S/C14H19Cl2N3O2/c1-9(2)17-14(20)11-8-21-6-5-19(11)7-10-3-4-12(15)18-13(10)16/h3-4,9,11H,5-8H2,1-2H3,(H,17,20). The molecule has 1 unspecified atom stereocenters. The highest BCUT2D eigenvalue weighted by Gasteiger charge is 2.30. The van der Waals surface area contributed by atoms with Gasteiger partial charge in [0.1, 0.15) is 16.3 Å². The fraction of sp³-hybridized carbons (Fsp3) is 0.571. The van der Waals surface area contributed by atoms with Crippen LogP contribution in [0.15, 0.2) is 12.1 Å². The van der Waals surface area contributed by atoms with Gasteiger partial charge in [0.25, 0.3) is 0 Å². The molecule has 1 amide bonds. The summed E-state index contributed by atoms with van der Waals surface area (Å²) in [4.78, 5) is 18.3. The van der Waals surface area contributed by atoms with E-state index in [1.165, 1.54) is 0 Å². The number of carbonyl (C=O) groups excluding carboxylic acids is 1. The Morgan fingerprint density at radius 2 is 2.29 bits per heavy atom. The first-order valence-corrected chi connectivity index (χ1v) is 7.66. The lowest BCUT2D eigenvalue weighted by molar-refractivity contribution is -0.133. The number of amides is 1. The van der Waals surface area contributed by atoms with Crippen molar-refractivity contribution in [1.29, 1.82) is 0 Å². The number of ether oxygens (including phenoxy) is 1. The van der Waals surface area contributed by atoms with Crippen molar-refractivity contribution in [2.24, 2.45) is 0 Å². The minimum atomic E-state index is -0.312. The van der Waals surface area contributed by atoms with Gasteiger partial charge >= 0.3 is 0 Å². The highest BCUT2D eigenvalue weighted by molar-refractivity contribution is 6.32. The normalized spacial score (nSPS) is 19.8. The summed E-state index contributed by atoms with van der Waals surface area (Å²) in [6, 6.07) is 3.33. The van der Waals surface area contributed by atoms with Crippen molar-refractivity contribution < 1.29 is 9.53 Å². The quantitative estimate of drug-likeness (QED) is 0.858. The minimum absolute atomic E-state index is 0.0252. The average Bonchev–Trinajstić information content (AvgIpc) is 2.41. The Morgan fingerprint density at radius 3 is 2.95 bits per heavy atom. The van der Waals surface area contributed by atoms with Crippen molar-refractivity contribution >= 4 is 29.1 Å². The van der Waals surface area contributed by atoms with Crippen molar-refractivity contribution in [3.05, 3.63) is 28.0 Å². The van der Waals surface area contributed by atoms with Gasteiger partial charge in [-0.1, -0.05) is 29.3 Å². The van der Waals surface area contributed by atoms with Crippen LogP contribution in [0.25, 0.3) is 0 Å². The zero-order chi connectivity index (χ0) is 15.4. The third-order valence-electron chi connectivity index (χ3n) is 3.24. The van der Waals surface area contributed by atoms with Gasteiger partial charge in [-0.15, -0.1) is 0 Å². The van der Waals surface area contributed by atoms with E-state index < -0.39 is 0 Å². The van der Waals surface area contributed by atoms with Crippen molar-refractivity contribution in [3.8, 4) is 0 Å². The molecule has 2 heterocycles. The lowest BCUT2D eigenvalue weighted by Crippen LogP contribution is -2.54. The molecule has 2 rings (SSSR count). The van der Waals surface area contributed by atoms with Crippen LogP contribution in [0.3, 0.4) is 0 Å². The molecule has 1 atom stereocenters. The minimum Gasteiger partial charge on any atom is -0.378 e. The fourth-order valence-corrected chi connectivity index (χ4v) is 2.63. The Bertz CT molecular complexity index is 511. The van der Waals surface area contributed by atoms with Gasteiger partial charge in [0.05, 0.1) is 13.2 Å². The summed E-state index contributed by atoms with van der Waals surface area (Å²) >= 11 is 11.9. The predicted octanol–water partition coefficient (Wildman–Crippen LogP) is 2.11. The SMILES string of the molecule is CC(C)NC(=O)C1COCCN1Cc1ccc(Cl)nc1Cl. The van der Waals surface area contributed by atoms with E-state index in [4.69, 9.17) is 27.9 Å². The number of hydrogen-bond acceptors (Lipinski definition) is 4. The molecule has 5 nitrogen and oxygen atoms in total. The van der Waals surface area contributed by atoms with Gasteiger partial charge in [0.2, 0.25) is 5.91 Å². The number of morpholine rings is 1. The molecule has 21 heavy (non-hydrogen) atoms. The van der Waals surface area contributed by atoms with Crippen LogP contribution in [0.1, 0.15) is 19.4 Å². The smallest absolute Gasteiger partial charge is 0.239 e. The highest BCUT2D eigenvalue weighted by atomic mass is 35.5. The molecule has 0 spiro atoms. The third-order valence-corrected chi connectivity index (χ3v) is 3.78. The largest absolute Gasteiger partial charge is 0.378 e. The summed E-state index contributed by atoms with van der Waals surface area (Å²) in [6.45, 7) is 6.08. The van der Waals surface area contributed by atoms with Crippen molar-refractivity contribution in [2.75, 3.05) is 19.8 Å². The topological polar surface area (TPSA) is 54.5 Å². The Morgan fingerprint density at radius 1 is 1.52 bits per heavy atom. The van der Waals surface area contributed by atoms with Gasteiger partial charge in [-0.25, -0.2) is 4.98 Å². The van der Waals surface area contributed by atoms with Crippen LogP contribution < -0.4 is 5.32 Å². The van der Waals surface area contributed by atoms with E-state index in [0.29, 0.717) is 36.6 Å². The molecule has 1 aliphatic rings. The molecule has 7 heteroatoms. The number of hydrogen-bond donors (Lipinski definition) is 1. The molecule has 0 aromatic carbocycles. The second-order valence-corrected chi connectivity index (χ2v) is 6.05. The molecule has 0 bridgehead atoms. The molecule has 0 saturated carbocycles. The summed E-state index contributed by atoms with van der Waals surface area (Å²) in [5.74, 6) is -0.0252. The summed E-state index contributed by atoms with van der Waals surface area (Å²) in [5.41, 5.74) is 0.852. The number of halogens is 2. The average molecular weight is 332 g/mol. The molecule has 1 aromatic rings. The van der Waals surface area contributed by atoms with Gasteiger partial charge in [-0.2, -0.15) is 0 Å². The van der Waals surface area contributed by atoms with E-state index >= 15 is 0 Å².